The van der Waals surface area contributed by atoms with E-state index in [1.165, 1.54) is 11.8 Å². The number of hydrogen-bond donors (Lipinski definition) is 3. The third-order valence-corrected chi connectivity index (χ3v) is 3.87. The number of nitrogens with one attached hydrogen (secondary N) is 3. The normalized spacial score (nSPS) is 10.0. The Balaban J connectivity index is 1.92. The molecule has 5 nitrogen and oxygen atoms in total. The summed E-state index contributed by atoms with van der Waals surface area (Å²) in [7, 11) is 0. The molecule has 0 unspecified atom stereocenters. The Morgan fingerprint density at radius 1 is 1.05 bits per heavy atom. The van der Waals surface area contributed by atoms with E-state index in [4.69, 9.17) is 0 Å². The van der Waals surface area contributed by atoms with Crippen molar-refractivity contribution in [1.82, 2.24) is 10.6 Å². The van der Waals surface area contributed by atoms with E-state index in [0.29, 0.717) is 25.2 Å². The smallest absolute Gasteiger partial charge is 0.253 e. The van der Waals surface area contributed by atoms with E-state index in [-0.39, 0.29) is 11.8 Å². The van der Waals surface area contributed by atoms with Crippen LogP contribution in [0.1, 0.15) is 22.2 Å². The molecule has 22 heavy (non-hydrogen) atoms. The number of carbonyl (C=O) groups excluding carboxylic acids is 2. The number of benzene rings is 1. The molecule has 2 rings (SSSR count). The van der Waals surface area contributed by atoms with Gasteiger partial charge in [0.1, 0.15) is 0 Å². The maximum atomic E-state index is 12.2. The van der Waals surface area contributed by atoms with Crippen LogP contribution in [0.4, 0.5) is 5.69 Å². The van der Waals surface area contributed by atoms with Crippen LogP contribution in [0.25, 0.3) is 0 Å². The van der Waals surface area contributed by atoms with Gasteiger partial charge in [-0.25, -0.2) is 0 Å². The minimum atomic E-state index is -0.153. The highest BCUT2D eigenvalue weighted by Crippen LogP contribution is 2.17. The minimum Gasteiger partial charge on any atom is -0.380 e. The van der Waals surface area contributed by atoms with Gasteiger partial charge < -0.3 is 16.0 Å². The molecule has 0 saturated carbocycles. The molecule has 0 bridgehead atoms. The molecule has 6 heteroatoms. The van der Waals surface area contributed by atoms with Crippen LogP contribution < -0.4 is 16.0 Å². The van der Waals surface area contributed by atoms with E-state index < -0.39 is 0 Å². The molecule has 1 heterocycles. The second kappa shape index (κ2) is 8.19. The predicted octanol–water partition coefficient (Wildman–Crippen LogP) is 2.23. The van der Waals surface area contributed by atoms with Gasteiger partial charge in [0.25, 0.3) is 5.91 Å². The van der Waals surface area contributed by atoms with E-state index in [2.05, 4.69) is 16.0 Å². The molecule has 2 aromatic rings. The van der Waals surface area contributed by atoms with Gasteiger partial charge in [-0.05, 0) is 23.6 Å². The second-order valence-electron chi connectivity index (χ2n) is 4.72. The summed E-state index contributed by atoms with van der Waals surface area (Å²) in [5, 5.41) is 10.8. The monoisotopic (exact) mass is 317 g/mol. The molecule has 0 aliphatic carbocycles. The van der Waals surface area contributed by atoms with Crippen molar-refractivity contribution in [1.29, 1.82) is 0 Å². The number of para-hydroxylation sites is 1. The zero-order valence-electron chi connectivity index (χ0n) is 12.4. The SMILES string of the molecule is CC(=O)NCCNC(=O)c1ccccc1NCc1cccs1. The Hall–Kier alpha value is -2.34. The molecule has 0 radical (unpaired) electrons. The third-order valence-electron chi connectivity index (χ3n) is 2.99. The van der Waals surface area contributed by atoms with Crippen LogP contribution in [0, 0.1) is 0 Å². The lowest BCUT2D eigenvalue weighted by Crippen LogP contribution is -2.33. The number of anilines is 1. The van der Waals surface area contributed by atoms with Gasteiger partial charge in [0.05, 0.1) is 5.56 Å². The van der Waals surface area contributed by atoms with Gasteiger partial charge in [-0.2, -0.15) is 0 Å². The molecule has 0 atom stereocenters. The van der Waals surface area contributed by atoms with E-state index in [1.807, 2.05) is 35.7 Å². The lowest BCUT2D eigenvalue weighted by molar-refractivity contribution is -0.118. The van der Waals surface area contributed by atoms with Crippen molar-refractivity contribution >= 4 is 28.8 Å². The lowest BCUT2D eigenvalue weighted by Gasteiger charge is -2.12. The van der Waals surface area contributed by atoms with Crippen LogP contribution in [0.2, 0.25) is 0 Å². The van der Waals surface area contributed by atoms with E-state index >= 15 is 0 Å². The summed E-state index contributed by atoms with van der Waals surface area (Å²) in [6.45, 7) is 2.96. The van der Waals surface area contributed by atoms with Crippen molar-refractivity contribution < 1.29 is 9.59 Å². The van der Waals surface area contributed by atoms with Crippen LogP contribution in [-0.2, 0) is 11.3 Å². The summed E-state index contributed by atoms with van der Waals surface area (Å²) >= 11 is 1.67. The van der Waals surface area contributed by atoms with Gasteiger partial charge >= 0.3 is 0 Å². The van der Waals surface area contributed by atoms with E-state index in [9.17, 15) is 9.59 Å². The molecule has 0 aliphatic heterocycles. The van der Waals surface area contributed by atoms with Crippen molar-refractivity contribution in [3.8, 4) is 0 Å². The zero-order chi connectivity index (χ0) is 15.8. The number of rotatable bonds is 7. The van der Waals surface area contributed by atoms with Crippen molar-refractivity contribution in [2.45, 2.75) is 13.5 Å². The molecule has 0 fully saturated rings. The number of amides is 2. The van der Waals surface area contributed by atoms with Gasteiger partial charge in [0.2, 0.25) is 5.91 Å². The van der Waals surface area contributed by atoms with Gasteiger partial charge in [0, 0.05) is 37.1 Å². The maximum Gasteiger partial charge on any atom is 0.253 e. The van der Waals surface area contributed by atoms with Gasteiger partial charge in [-0.3, -0.25) is 9.59 Å². The van der Waals surface area contributed by atoms with Crippen LogP contribution >= 0.6 is 11.3 Å². The summed E-state index contributed by atoms with van der Waals surface area (Å²) in [4.78, 5) is 24.2. The fourth-order valence-electron chi connectivity index (χ4n) is 1.94. The summed E-state index contributed by atoms with van der Waals surface area (Å²) in [5.74, 6) is -0.258. The summed E-state index contributed by atoms with van der Waals surface area (Å²) < 4.78 is 0. The van der Waals surface area contributed by atoms with Crippen LogP contribution in [0.3, 0.4) is 0 Å². The van der Waals surface area contributed by atoms with Gasteiger partial charge in [-0.1, -0.05) is 18.2 Å². The summed E-state index contributed by atoms with van der Waals surface area (Å²) in [6, 6.07) is 11.4. The maximum absolute atomic E-state index is 12.2. The first-order valence-corrected chi connectivity index (χ1v) is 7.92. The van der Waals surface area contributed by atoms with Crippen molar-refractivity contribution in [3.05, 3.63) is 52.2 Å². The largest absolute Gasteiger partial charge is 0.380 e. The van der Waals surface area contributed by atoms with Gasteiger partial charge in [-0.15, -0.1) is 11.3 Å². The number of carbonyl (C=O) groups is 2. The Kier molecular flexibility index (Phi) is 5.97. The van der Waals surface area contributed by atoms with E-state index in [0.717, 1.165) is 5.69 Å². The summed E-state index contributed by atoms with van der Waals surface area (Å²) in [6.07, 6.45) is 0. The average Bonchev–Trinajstić information content (AvgIpc) is 3.03. The lowest BCUT2D eigenvalue weighted by atomic mass is 10.1. The number of hydrogen-bond acceptors (Lipinski definition) is 4. The highest BCUT2D eigenvalue weighted by atomic mass is 32.1. The van der Waals surface area contributed by atoms with Crippen LogP contribution in [-0.4, -0.2) is 24.9 Å². The molecule has 3 N–H and O–H groups in total. The molecule has 116 valence electrons. The average molecular weight is 317 g/mol. The van der Waals surface area contributed by atoms with Crippen molar-refractivity contribution in [2.75, 3.05) is 18.4 Å². The minimum absolute atomic E-state index is 0.104. The highest BCUT2D eigenvalue weighted by Gasteiger charge is 2.10. The number of thiophene rings is 1. The molecule has 1 aromatic carbocycles. The predicted molar refractivity (Wildman–Crippen MR) is 89.1 cm³/mol. The molecule has 0 saturated heterocycles. The molecule has 0 aliphatic rings. The Morgan fingerprint density at radius 3 is 2.55 bits per heavy atom. The third kappa shape index (κ3) is 4.89. The first-order chi connectivity index (χ1) is 10.7. The first kappa shape index (κ1) is 16.0. The quantitative estimate of drug-likeness (QED) is 0.686. The highest BCUT2D eigenvalue weighted by molar-refractivity contribution is 7.09. The molecule has 0 spiro atoms. The fraction of sp³-hybridized carbons (Fsp3) is 0.250. The second-order valence-corrected chi connectivity index (χ2v) is 5.75. The van der Waals surface area contributed by atoms with E-state index in [1.54, 1.807) is 17.4 Å². The Morgan fingerprint density at radius 2 is 1.82 bits per heavy atom. The van der Waals surface area contributed by atoms with Gasteiger partial charge in [0.15, 0.2) is 0 Å². The Bertz CT molecular complexity index is 626. The zero-order valence-corrected chi connectivity index (χ0v) is 13.2. The molecule has 2 amide bonds. The standard InChI is InChI=1S/C16H19N3O2S/c1-12(20)17-8-9-18-16(21)14-6-2-3-7-15(14)19-11-13-5-4-10-22-13/h2-7,10,19H,8-9,11H2,1H3,(H,17,20)(H,18,21). The van der Waals surface area contributed by atoms with Crippen LogP contribution in [0.15, 0.2) is 41.8 Å². The van der Waals surface area contributed by atoms with Crippen molar-refractivity contribution in [2.24, 2.45) is 0 Å². The molecular formula is C16H19N3O2S. The first-order valence-electron chi connectivity index (χ1n) is 7.04. The topological polar surface area (TPSA) is 70.2 Å². The van der Waals surface area contributed by atoms with Crippen LogP contribution in [0.5, 0.6) is 0 Å². The molecular weight excluding hydrogens is 298 g/mol. The fourth-order valence-corrected chi connectivity index (χ4v) is 2.59. The van der Waals surface area contributed by atoms with Crippen molar-refractivity contribution in [3.63, 3.8) is 0 Å². The molecule has 1 aromatic heterocycles. The summed E-state index contributed by atoms with van der Waals surface area (Å²) in [5.41, 5.74) is 1.40. The Labute approximate surface area is 133 Å².